The number of rotatable bonds is 6. The molecule has 0 heterocycles. The van der Waals surface area contributed by atoms with Crippen LogP contribution >= 0.6 is 0 Å². The van der Waals surface area contributed by atoms with Crippen molar-refractivity contribution in [2.75, 3.05) is 6.61 Å². The van der Waals surface area contributed by atoms with E-state index in [1.54, 1.807) is 0 Å². The highest BCUT2D eigenvalue weighted by Crippen LogP contribution is 2.28. The Morgan fingerprint density at radius 1 is 1.22 bits per heavy atom. The van der Waals surface area contributed by atoms with Gasteiger partial charge in [0, 0.05) is 12.6 Å². The molecular weight excluding hydrogens is 290 g/mol. The van der Waals surface area contributed by atoms with Crippen LogP contribution in [-0.2, 0) is 16.1 Å². The molecule has 1 aliphatic carbocycles. The molecule has 0 aliphatic heterocycles. The molecular formula is C19H29NO3. The van der Waals surface area contributed by atoms with Gasteiger partial charge >= 0.3 is 6.09 Å². The lowest BCUT2D eigenvalue weighted by atomic mass is 10.0. The topological polar surface area (TPSA) is 47.6 Å². The van der Waals surface area contributed by atoms with Gasteiger partial charge in [0.15, 0.2) is 0 Å². The number of alkyl carbamates (subject to hydrolysis) is 1. The first-order chi connectivity index (χ1) is 10.9. The maximum absolute atomic E-state index is 11.8. The second-order valence-electron chi connectivity index (χ2n) is 7.35. The minimum atomic E-state index is -0.437. The van der Waals surface area contributed by atoms with Gasteiger partial charge in [-0.25, -0.2) is 4.79 Å². The molecule has 1 aliphatic rings. The molecule has 0 spiro atoms. The molecule has 23 heavy (non-hydrogen) atoms. The summed E-state index contributed by atoms with van der Waals surface area (Å²) >= 11 is 0. The van der Waals surface area contributed by atoms with Gasteiger partial charge in [0.1, 0.15) is 5.60 Å². The first-order valence-electron chi connectivity index (χ1n) is 8.53. The summed E-state index contributed by atoms with van der Waals surface area (Å²) in [6, 6.07) is 10.5. The van der Waals surface area contributed by atoms with Gasteiger partial charge in [0.25, 0.3) is 0 Å². The van der Waals surface area contributed by atoms with Gasteiger partial charge in [-0.2, -0.15) is 0 Å². The van der Waals surface area contributed by atoms with Gasteiger partial charge in [0.05, 0.1) is 6.61 Å². The number of carbonyl (C=O) groups excluding carboxylic acids is 1. The number of carbonyl (C=O) groups is 1. The number of amides is 1. The van der Waals surface area contributed by atoms with Crippen LogP contribution in [0.3, 0.4) is 0 Å². The molecule has 1 amide bonds. The van der Waals surface area contributed by atoms with E-state index < -0.39 is 5.60 Å². The zero-order chi connectivity index (χ0) is 16.7. The molecule has 0 unspecified atom stereocenters. The van der Waals surface area contributed by atoms with Gasteiger partial charge in [0.2, 0.25) is 0 Å². The Balaban J connectivity index is 1.59. The molecule has 0 saturated heterocycles. The van der Waals surface area contributed by atoms with E-state index in [2.05, 4.69) is 17.4 Å². The summed E-state index contributed by atoms with van der Waals surface area (Å²) in [4.78, 5) is 11.8. The van der Waals surface area contributed by atoms with E-state index in [9.17, 15) is 4.79 Å². The molecule has 1 saturated carbocycles. The van der Waals surface area contributed by atoms with E-state index >= 15 is 0 Å². The molecule has 1 aromatic rings. The van der Waals surface area contributed by atoms with Crippen molar-refractivity contribution in [3.63, 3.8) is 0 Å². The molecule has 1 aromatic carbocycles. The summed E-state index contributed by atoms with van der Waals surface area (Å²) < 4.78 is 11.1. The lowest BCUT2D eigenvalue weighted by molar-refractivity contribution is 0.0504. The average Bonchev–Trinajstić information content (AvgIpc) is 2.90. The first kappa shape index (κ1) is 17.8. The van der Waals surface area contributed by atoms with E-state index in [-0.39, 0.29) is 12.1 Å². The first-order valence-corrected chi connectivity index (χ1v) is 8.53. The molecule has 1 N–H and O–H groups in total. The third kappa shape index (κ3) is 7.04. The van der Waals surface area contributed by atoms with Crippen LogP contribution in [0.2, 0.25) is 0 Å². The van der Waals surface area contributed by atoms with Gasteiger partial charge in [-0.3, -0.25) is 0 Å². The standard InChI is InChI=1S/C19H29NO3/c1-19(2,3)23-18(21)20-17-10-9-15(13-17)11-12-22-14-16-7-5-4-6-8-16/h4-8,15,17H,9-14H2,1-3H3,(H,20,21)/t15-,17-/m0/s1. The van der Waals surface area contributed by atoms with Gasteiger partial charge in [-0.15, -0.1) is 0 Å². The van der Waals surface area contributed by atoms with E-state index in [4.69, 9.17) is 9.47 Å². The number of benzene rings is 1. The highest BCUT2D eigenvalue weighted by Gasteiger charge is 2.27. The van der Waals surface area contributed by atoms with Crippen molar-refractivity contribution in [3.8, 4) is 0 Å². The van der Waals surface area contributed by atoms with Crippen LogP contribution in [0.15, 0.2) is 30.3 Å². The predicted molar refractivity (Wildman–Crippen MR) is 91.2 cm³/mol. The quantitative estimate of drug-likeness (QED) is 0.796. The van der Waals surface area contributed by atoms with Gasteiger partial charge in [-0.05, 0) is 57.9 Å². The normalized spacial score (nSPS) is 21.2. The Kier molecular flexibility index (Phi) is 6.46. The SMILES string of the molecule is CC(C)(C)OC(=O)N[C@H]1CC[C@@H](CCOCc2ccccc2)C1. The minimum Gasteiger partial charge on any atom is -0.444 e. The molecule has 128 valence electrons. The summed E-state index contributed by atoms with van der Waals surface area (Å²) in [5, 5.41) is 2.98. The average molecular weight is 319 g/mol. The van der Waals surface area contributed by atoms with E-state index in [1.165, 1.54) is 5.56 Å². The molecule has 2 atom stereocenters. The highest BCUT2D eigenvalue weighted by atomic mass is 16.6. The monoisotopic (exact) mass is 319 g/mol. The fourth-order valence-corrected chi connectivity index (χ4v) is 2.96. The summed E-state index contributed by atoms with van der Waals surface area (Å²) in [6.45, 7) is 7.10. The fraction of sp³-hybridized carbons (Fsp3) is 0.632. The van der Waals surface area contributed by atoms with Crippen molar-refractivity contribution in [3.05, 3.63) is 35.9 Å². The fourth-order valence-electron chi connectivity index (χ4n) is 2.96. The molecule has 1 fully saturated rings. The second-order valence-corrected chi connectivity index (χ2v) is 7.35. The molecule has 2 rings (SSSR count). The van der Waals surface area contributed by atoms with Gasteiger partial charge < -0.3 is 14.8 Å². The Morgan fingerprint density at radius 3 is 2.65 bits per heavy atom. The van der Waals surface area contributed by atoms with Crippen molar-refractivity contribution in [1.29, 1.82) is 0 Å². The third-order valence-corrected chi connectivity index (χ3v) is 4.04. The molecule has 0 bridgehead atoms. The number of hydrogen-bond acceptors (Lipinski definition) is 3. The third-order valence-electron chi connectivity index (χ3n) is 4.04. The Morgan fingerprint density at radius 2 is 1.96 bits per heavy atom. The van der Waals surface area contributed by atoms with E-state index in [0.29, 0.717) is 12.5 Å². The highest BCUT2D eigenvalue weighted by molar-refractivity contribution is 5.68. The van der Waals surface area contributed by atoms with Crippen LogP contribution < -0.4 is 5.32 Å². The van der Waals surface area contributed by atoms with Crippen LogP contribution in [-0.4, -0.2) is 24.3 Å². The molecule has 0 aromatic heterocycles. The van der Waals surface area contributed by atoms with E-state index in [1.807, 2.05) is 39.0 Å². The zero-order valence-corrected chi connectivity index (χ0v) is 14.5. The Labute approximate surface area is 139 Å². The van der Waals surface area contributed by atoms with Crippen molar-refractivity contribution in [2.45, 2.75) is 64.7 Å². The lowest BCUT2D eigenvalue weighted by Crippen LogP contribution is -2.37. The van der Waals surface area contributed by atoms with Crippen LogP contribution in [0.4, 0.5) is 4.79 Å². The van der Waals surface area contributed by atoms with Crippen LogP contribution in [0.1, 0.15) is 52.0 Å². The number of hydrogen-bond donors (Lipinski definition) is 1. The smallest absolute Gasteiger partial charge is 0.407 e. The largest absolute Gasteiger partial charge is 0.444 e. The van der Waals surface area contributed by atoms with Crippen LogP contribution in [0.5, 0.6) is 0 Å². The maximum atomic E-state index is 11.8. The van der Waals surface area contributed by atoms with Crippen molar-refractivity contribution in [2.24, 2.45) is 5.92 Å². The lowest BCUT2D eigenvalue weighted by Gasteiger charge is -2.21. The number of nitrogens with one attached hydrogen (secondary N) is 1. The number of ether oxygens (including phenoxy) is 2. The second kappa shape index (κ2) is 8.34. The molecule has 0 radical (unpaired) electrons. The summed E-state index contributed by atoms with van der Waals surface area (Å²) in [5.41, 5.74) is 0.774. The Hall–Kier alpha value is -1.55. The van der Waals surface area contributed by atoms with Crippen molar-refractivity contribution < 1.29 is 14.3 Å². The van der Waals surface area contributed by atoms with Gasteiger partial charge in [-0.1, -0.05) is 30.3 Å². The van der Waals surface area contributed by atoms with Crippen molar-refractivity contribution in [1.82, 2.24) is 5.32 Å². The Bertz CT molecular complexity index is 481. The van der Waals surface area contributed by atoms with Crippen LogP contribution in [0, 0.1) is 5.92 Å². The zero-order valence-electron chi connectivity index (χ0n) is 14.5. The minimum absolute atomic E-state index is 0.240. The summed E-state index contributed by atoms with van der Waals surface area (Å²) in [6.07, 6.45) is 3.95. The van der Waals surface area contributed by atoms with Crippen LogP contribution in [0.25, 0.3) is 0 Å². The van der Waals surface area contributed by atoms with Crippen molar-refractivity contribution >= 4 is 6.09 Å². The summed E-state index contributed by atoms with van der Waals surface area (Å²) in [5.74, 6) is 0.630. The predicted octanol–water partition coefficient (Wildman–Crippen LogP) is 4.29. The summed E-state index contributed by atoms with van der Waals surface area (Å²) in [7, 11) is 0. The molecule has 4 nitrogen and oxygen atoms in total. The molecule has 4 heteroatoms. The maximum Gasteiger partial charge on any atom is 0.407 e. The van der Waals surface area contributed by atoms with E-state index in [0.717, 1.165) is 32.3 Å².